The highest BCUT2D eigenvalue weighted by atomic mass is 127. The van der Waals surface area contributed by atoms with Crippen molar-refractivity contribution in [3.05, 3.63) is 176 Å². The molecule has 105 heavy (non-hydrogen) atoms. The Labute approximate surface area is 651 Å². The van der Waals surface area contributed by atoms with Crippen LogP contribution in [0.1, 0.15) is 152 Å². The van der Waals surface area contributed by atoms with Gasteiger partial charge in [-0.1, -0.05) is 89.7 Å². The van der Waals surface area contributed by atoms with Crippen molar-refractivity contribution in [2.24, 2.45) is 49.2 Å². The fourth-order valence-electron chi connectivity index (χ4n) is 10.5. The summed E-state index contributed by atoms with van der Waals surface area (Å²) in [7, 11) is 4.57. The zero-order valence-corrected chi connectivity index (χ0v) is 68.6. The quantitative estimate of drug-likeness (QED) is 0.0105. The fraction of sp³-hybridized carbons (Fsp3) is 0.534. The van der Waals surface area contributed by atoms with Gasteiger partial charge in [0.25, 0.3) is 11.1 Å². The number of azide groups is 1. The molecule has 3 amide bonds. The van der Waals surface area contributed by atoms with E-state index in [-0.39, 0.29) is 45.8 Å². The number of alkyl carbamates (subject to hydrolysis) is 2. The maximum absolute atomic E-state index is 12.7. The van der Waals surface area contributed by atoms with Crippen molar-refractivity contribution < 1.29 is 75.9 Å². The molecule has 7 rings (SSSR count). The van der Waals surface area contributed by atoms with E-state index in [0.29, 0.717) is 60.2 Å². The molecule has 2 aromatic heterocycles. The molecule has 26 nitrogen and oxygen atoms in total. The number of esters is 2. The lowest BCUT2D eigenvalue weighted by molar-refractivity contribution is -0.146. The number of carboxylic acid groups (broad SMARTS) is 2. The second kappa shape index (κ2) is 44.5. The van der Waals surface area contributed by atoms with E-state index in [1.165, 1.54) is 52.7 Å². The topological polar surface area (TPSA) is 374 Å². The molecule has 32 heteroatoms. The van der Waals surface area contributed by atoms with Crippen LogP contribution in [0.4, 0.5) is 22.8 Å². The van der Waals surface area contributed by atoms with Crippen molar-refractivity contribution in [2.45, 2.75) is 189 Å². The molecule has 2 unspecified atom stereocenters. The van der Waals surface area contributed by atoms with Crippen LogP contribution in [0.3, 0.4) is 0 Å². The van der Waals surface area contributed by atoms with Gasteiger partial charge in [-0.15, -0.1) is 0 Å². The number of carbonyl (C=O) groups excluding carboxylic acids is 5. The molecule has 0 spiro atoms. The molecular formula is C73H100F3I3N10O16. The van der Waals surface area contributed by atoms with Crippen LogP contribution < -0.4 is 38.5 Å². The number of benzene rings is 3. The van der Waals surface area contributed by atoms with Crippen molar-refractivity contribution in [2.75, 3.05) is 26.3 Å². The number of carbonyl (C=O) groups is 7. The molecule has 0 radical (unpaired) electrons. The Kier molecular flexibility index (Phi) is 39.7. The van der Waals surface area contributed by atoms with Crippen LogP contribution in [-0.4, -0.2) is 122 Å². The number of amides is 3. The number of ether oxygens (including phenoxy) is 4. The minimum absolute atomic E-state index is 0.153. The predicted octanol–water partition coefficient (Wildman–Crippen LogP) is 12.4. The first-order valence-corrected chi connectivity index (χ1v) is 37.1. The number of nitrogens with zero attached hydrogens (tertiary/aromatic N) is 6. The maximum atomic E-state index is 12.7. The normalized spacial score (nSPS) is 15.0. The van der Waals surface area contributed by atoms with E-state index >= 15 is 0 Å². The monoisotopic (exact) mass is 1810 g/mol. The van der Waals surface area contributed by atoms with E-state index < -0.39 is 88.1 Å². The van der Waals surface area contributed by atoms with Gasteiger partial charge in [0.15, 0.2) is 0 Å². The van der Waals surface area contributed by atoms with Gasteiger partial charge in [0.1, 0.15) is 29.3 Å². The first-order valence-electron chi connectivity index (χ1n) is 33.8. The molecule has 580 valence electrons. The third kappa shape index (κ3) is 33.4. The molecular weight excluding hydrogens is 1710 g/mol. The van der Waals surface area contributed by atoms with Gasteiger partial charge in [-0.25, -0.2) is 28.8 Å². The molecule has 0 aliphatic heterocycles. The smallest absolute Gasteiger partial charge is 0.417 e. The van der Waals surface area contributed by atoms with Crippen LogP contribution in [0.15, 0.2) is 98.4 Å². The first kappa shape index (κ1) is 93.5. The molecule has 5 atom stereocenters. The summed E-state index contributed by atoms with van der Waals surface area (Å²) in [5.74, 6) is -2.75. The number of halogens is 6. The molecule has 5 aromatic rings. The third-order valence-corrected chi connectivity index (χ3v) is 19.4. The minimum atomic E-state index is -4.46. The lowest BCUT2D eigenvalue weighted by Gasteiger charge is -2.29. The number of nitrogens with two attached hydrogens (primary N) is 1. The molecule has 0 bridgehead atoms. The maximum Gasteiger partial charge on any atom is 0.417 e. The Hall–Kier alpha value is -7.57. The largest absolute Gasteiger partial charge is 0.481 e. The summed E-state index contributed by atoms with van der Waals surface area (Å²) in [5.41, 5.74) is 16.1. The Morgan fingerprint density at radius 3 is 1.47 bits per heavy atom. The summed E-state index contributed by atoms with van der Waals surface area (Å²) in [6.45, 7) is 22.7. The van der Waals surface area contributed by atoms with Gasteiger partial charge < -0.3 is 55.4 Å². The summed E-state index contributed by atoms with van der Waals surface area (Å²) < 4.78 is 62.8. The van der Waals surface area contributed by atoms with Crippen molar-refractivity contribution in [1.29, 1.82) is 0 Å². The van der Waals surface area contributed by atoms with Crippen LogP contribution in [-0.2, 0) is 89.5 Å². The van der Waals surface area contributed by atoms with E-state index in [2.05, 4.69) is 48.6 Å². The molecule has 2 saturated carbocycles. The van der Waals surface area contributed by atoms with Gasteiger partial charge in [-0.3, -0.25) is 28.3 Å². The molecule has 2 fully saturated rings. The summed E-state index contributed by atoms with van der Waals surface area (Å²) in [4.78, 5) is 119. The minimum Gasteiger partial charge on any atom is -0.481 e. The van der Waals surface area contributed by atoms with E-state index in [1.54, 1.807) is 69.4 Å². The van der Waals surface area contributed by atoms with E-state index in [4.69, 9.17) is 35.3 Å². The van der Waals surface area contributed by atoms with Gasteiger partial charge >= 0.3 is 47.9 Å². The highest BCUT2D eigenvalue weighted by Crippen LogP contribution is 2.41. The summed E-state index contributed by atoms with van der Waals surface area (Å²) in [6.07, 6.45) is 1.77. The van der Waals surface area contributed by atoms with Gasteiger partial charge in [-0.2, -0.15) is 13.2 Å². The summed E-state index contributed by atoms with van der Waals surface area (Å²) in [5, 5.41) is 29.5. The molecule has 0 saturated heterocycles. The van der Waals surface area contributed by atoms with Crippen molar-refractivity contribution in [3.8, 4) is 0 Å². The standard InChI is InChI=1S/C18H26N2O3.C17H25NO4.C16H22INO4.C8H7F3INO.C7H9IN2O2.C7H11N3O2/c1-13-4-6-14(7-5-13)12-15(16(21)22)20-17(23)18(10-11-19)8-2-3-9-18;1-6-21-15(19)14(18-16(20)22-17(3,4)5)11-13-9-7-12(2)8-10-13;1-5-21-14(19)13(18-15(20)22-16(2,3)4)10-11-6-8-12(17)9-7-11;1-4-3-5(8(9,10)11)6(12)7(14)13(4)2;1-4-5(8)6(11)10(3)7(12)9(4)2;8-10-9-4-5-1-2-6(3-5)7(11)12/h4-7,15H,2-3,8-12,19H2,1H3,(H,20,23)(H,21,22);7-10,14H,6,11H2,1-5H3,(H,18,20);6-9,13H,5,10H2,1-4H3,(H,18,20);3H,1-2H3;1-3H3;5-6H,1-4H2,(H,11,12)/t15-;14-;13-;;;/m000.../s1. The molecule has 2 aliphatic rings. The van der Waals surface area contributed by atoms with Crippen LogP contribution in [0.2, 0.25) is 0 Å². The van der Waals surface area contributed by atoms with Gasteiger partial charge in [0.2, 0.25) is 5.91 Å². The number of rotatable bonds is 20. The number of pyridine rings is 1. The van der Waals surface area contributed by atoms with Crippen molar-refractivity contribution in [1.82, 2.24) is 29.7 Å². The number of hydrogen-bond acceptors (Lipinski definition) is 16. The summed E-state index contributed by atoms with van der Waals surface area (Å²) in [6, 6.07) is 21.8. The lowest BCUT2D eigenvalue weighted by atomic mass is 9.81. The second-order valence-corrected chi connectivity index (χ2v) is 30.5. The highest BCUT2D eigenvalue weighted by molar-refractivity contribution is 14.1. The average molecular weight is 1810 g/mol. The number of aromatic nitrogens is 3. The SMILES string of the molecule is CCOC(=O)[C@H](Cc1ccc(C)cc1)NC(=O)OC(C)(C)C.CCOC(=O)[C@H](Cc1ccc(I)cc1)NC(=O)OC(C)(C)C.Cc1c(I)c(=O)n(C)c(=O)n1C.Cc1cc(C(F)(F)F)c(I)c(=O)n1C.Cc1ccc(C[C@H](NC(=O)C2(CCN)CCCC2)C(=O)O)cc1.[N-]=[N+]=NCC1CCC(C(=O)O)C1. The Morgan fingerprint density at radius 1 is 0.657 bits per heavy atom. The van der Waals surface area contributed by atoms with Crippen LogP contribution >= 0.6 is 67.8 Å². The number of aliphatic carboxylic acids is 2. The highest BCUT2D eigenvalue weighted by Gasteiger charge is 2.42. The van der Waals surface area contributed by atoms with Crippen LogP contribution in [0.25, 0.3) is 10.4 Å². The molecule has 2 aliphatic carbocycles. The van der Waals surface area contributed by atoms with Crippen molar-refractivity contribution in [3.63, 3.8) is 0 Å². The average Bonchev–Trinajstić information content (AvgIpc) is 1.73. The fourth-order valence-corrected chi connectivity index (χ4v) is 12.4. The Bertz CT molecular complexity index is 3810. The van der Waals surface area contributed by atoms with Crippen LogP contribution in [0.5, 0.6) is 0 Å². The van der Waals surface area contributed by atoms with Gasteiger partial charge in [0, 0.05) is 66.8 Å². The first-order chi connectivity index (χ1) is 48.8. The predicted molar refractivity (Wildman–Crippen MR) is 417 cm³/mol. The number of aryl methyl sites for hydroxylation is 3. The van der Waals surface area contributed by atoms with Gasteiger partial charge in [-0.05, 0) is 242 Å². The Morgan fingerprint density at radius 2 is 1.09 bits per heavy atom. The zero-order chi connectivity index (χ0) is 79.9. The number of hydrogen-bond donors (Lipinski definition) is 6. The summed E-state index contributed by atoms with van der Waals surface area (Å²) >= 11 is 5.57. The number of nitrogens with one attached hydrogen (secondary N) is 3. The van der Waals surface area contributed by atoms with E-state index in [0.717, 1.165) is 80.5 Å². The van der Waals surface area contributed by atoms with Gasteiger partial charge in [0.05, 0.1) is 37.3 Å². The van der Waals surface area contributed by atoms with Crippen molar-refractivity contribution >= 4 is 110 Å². The lowest BCUT2D eigenvalue weighted by Crippen LogP contribution is -2.49. The molecule has 7 N–H and O–H groups in total. The Balaban J connectivity index is 0.000000436. The molecule has 2 heterocycles. The second-order valence-electron chi connectivity index (χ2n) is 27.1. The third-order valence-electron chi connectivity index (χ3n) is 16.4. The zero-order valence-electron chi connectivity index (χ0n) is 62.1. The van der Waals surface area contributed by atoms with E-state index in [9.17, 15) is 66.2 Å². The molecule has 3 aromatic carbocycles. The number of carboxylic acids is 2. The van der Waals surface area contributed by atoms with E-state index in [1.807, 2.05) is 109 Å². The van der Waals surface area contributed by atoms with Crippen LogP contribution in [0, 0.1) is 55.7 Å². The number of alkyl halides is 3.